The highest BCUT2D eigenvalue weighted by atomic mass is 16.5. The SMILES string of the molecule is [B]COC(CO)[C@](C)(CO)[C@H](C)O. The number of aliphatic hydroxyl groups excluding tert-OH is 3. The second-order valence-electron chi connectivity index (χ2n) is 3.34. The normalized spacial score (nSPS) is 20.7. The molecule has 76 valence electrons. The zero-order valence-corrected chi connectivity index (χ0v) is 8.10. The summed E-state index contributed by atoms with van der Waals surface area (Å²) in [7, 11) is 5.16. The van der Waals surface area contributed by atoms with Crippen LogP contribution in [0.25, 0.3) is 0 Å². The summed E-state index contributed by atoms with van der Waals surface area (Å²) in [5.41, 5.74) is -0.881. The van der Waals surface area contributed by atoms with E-state index in [1.807, 2.05) is 0 Å². The van der Waals surface area contributed by atoms with Gasteiger partial charge in [0, 0.05) is 11.9 Å². The van der Waals surface area contributed by atoms with Crippen LogP contribution in [0.3, 0.4) is 0 Å². The monoisotopic (exact) mass is 188 g/mol. The van der Waals surface area contributed by atoms with Crippen LogP contribution < -0.4 is 0 Å². The van der Waals surface area contributed by atoms with E-state index in [-0.39, 0.29) is 19.7 Å². The molecule has 0 aliphatic carbocycles. The minimum atomic E-state index is -0.881. The van der Waals surface area contributed by atoms with Crippen LogP contribution in [-0.4, -0.2) is 55.1 Å². The number of hydrogen-bond acceptors (Lipinski definition) is 4. The smallest absolute Gasteiger partial charge is 0.104 e. The lowest BCUT2D eigenvalue weighted by molar-refractivity contribution is -0.118. The predicted octanol–water partition coefficient (Wildman–Crippen LogP) is -1.13. The zero-order chi connectivity index (χ0) is 10.5. The van der Waals surface area contributed by atoms with Crippen LogP contribution in [0.2, 0.25) is 0 Å². The molecule has 1 unspecified atom stereocenters. The summed E-state index contributed by atoms with van der Waals surface area (Å²) < 4.78 is 5.02. The number of ether oxygens (including phenoxy) is 1. The van der Waals surface area contributed by atoms with E-state index in [1.165, 1.54) is 0 Å². The maximum atomic E-state index is 9.41. The number of hydrogen-bond donors (Lipinski definition) is 3. The molecule has 0 spiro atoms. The van der Waals surface area contributed by atoms with Crippen molar-refractivity contribution < 1.29 is 20.1 Å². The van der Waals surface area contributed by atoms with E-state index in [9.17, 15) is 5.11 Å². The van der Waals surface area contributed by atoms with Crippen molar-refractivity contribution in [1.29, 1.82) is 0 Å². The van der Waals surface area contributed by atoms with Gasteiger partial charge in [-0.2, -0.15) is 0 Å². The molecule has 0 fully saturated rings. The summed E-state index contributed by atoms with van der Waals surface area (Å²) in [5, 5.41) is 27.5. The third kappa shape index (κ3) is 2.95. The molecule has 0 aliphatic rings. The maximum Gasteiger partial charge on any atom is 0.104 e. The first-order valence-corrected chi connectivity index (χ1v) is 4.24. The molecule has 2 radical (unpaired) electrons. The Balaban J connectivity index is 4.48. The third-order valence-electron chi connectivity index (χ3n) is 2.49. The van der Waals surface area contributed by atoms with Crippen LogP contribution in [0.4, 0.5) is 0 Å². The van der Waals surface area contributed by atoms with Crippen molar-refractivity contribution in [3.63, 3.8) is 0 Å². The van der Waals surface area contributed by atoms with Crippen molar-refractivity contribution in [1.82, 2.24) is 0 Å². The summed E-state index contributed by atoms with van der Waals surface area (Å²) in [5.74, 6) is 0. The first-order chi connectivity index (χ1) is 6.02. The fourth-order valence-electron chi connectivity index (χ4n) is 1.07. The molecule has 0 aliphatic heterocycles. The minimum Gasteiger partial charge on any atom is -0.396 e. The van der Waals surface area contributed by atoms with Crippen LogP contribution in [-0.2, 0) is 4.74 Å². The second kappa shape index (κ2) is 5.60. The van der Waals surface area contributed by atoms with E-state index in [0.717, 1.165) is 0 Å². The van der Waals surface area contributed by atoms with Crippen molar-refractivity contribution in [3.05, 3.63) is 0 Å². The van der Waals surface area contributed by atoms with Gasteiger partial charge in [-0.3, -0.25) is 0 Å². The van der Waals surface area contributed by atoms with Crippen molar-refractivity contribution in [2.24, 2.45) is 5.41 Å². The van der Waals surface area contributed by atoms with E-state index in [1.54, 1.807) is 13.8 Å². The first kappa shape index (κ1) is 12.9. The molecule has 0 saturated carbocycles. The fourth-order valence-corrected chi connectivity index (χ4v) is 1.07. The van der Waals surface area contributed by atoms with E-state index in [4.69, 9.17) is 22.8 Å². The van der Waals surface area contributed by atoms with Crippen LogP contribution in [0.15, 0.2) is 0 Å². The molecule has 3 N–H and O–H groups in total. The van der Waals surface area contributed by atoms with Crippen molar-refractivity contribution >= 4 is 7.85 Å². The minimum absolute atomic E-state index is 0.0481. The average Bonchev–Trinajstić information content (AvgIpc) is 2.12. The van der Waals surface area contributed by atoms with Crippen LogP contribution >= 0.6 is 0 Å². The highest BCUT2D eigenvalue weighted by Crippen LogP contribution is 2.27. The van der Waals surface area contributed by atoms with Gasteiger partial charge in [0.1, 0.15) is 7.85 Å². The Morgan fingerprint density at radius 2 is 2.00 bits per heavy atom. The Bertz CT molecular complexity index is 142. The van der Waals surface area contributed by atoms with E-state index >= 15 is 0 Å². The van der Waals surface area contributed by atoms with Gasteiger partial charge in [-0.05, 0) is 6.92 Å². The highest BCUT2D eigenvalue weighted by Gasteiger charge is 2.38. The lowest BCUT2D eigenvalue weighted by Gasteiger charge is -2.37. The molecule has 13 heavy (non-hydrogen) atoms. The van der Waals surface area contributed by atoms with Gasteiger partial charge in [-0.1, -0.05) is 6.92 Å². The Labute approximate surface area is 79.9 Å². The van der Waals surface area contributed by atoms with Gasteiger partial charge in [0.25, 0.3) is 0 Å². The molecule has 0 aromatic heterocycles. The van der Waals surface area contributed by atoms with E-state index < -0.39 is 17.6 Å². The Kier molecular flexibility index (Phi) is 5.56. The summed E-state index contributed by atoms with van der Waals surface area (Å²) in [4.78, 5) is 0. The molecule has 0 amide bonds. The van der Waals surface area contributed by atoms with Gasteiger partial charge in [0.2, 0.25) is 0 Å². The largest absolute Gasteiger partial charge is 0.396 e. The fraction of sp³-hybridized carbons (Fsp3) is 1.00. The quantitative estimate of drug-likeness (QED) is 0.461. The van der Waals surface area contributed by atoms with Crippen molar-refractivity contribution in [2.45, 2.75) is 26.1 Å². The summed E-state index contributed by atoms with van der Waals surface area (Å²) in [6.45, 7) is 2.58. The third-order valence-corrected chi connectivity index (χ3v) is 2.49. The summed E-state index contributed by atoms with van der Waals surface area (Å²) in [6.07, 6.45) is -1.43. The first-order valence-electron chi connectivity index (χ1n) is 4.24. The van der Waals surface area contributed by atoms with Crippen LogP contribution in [0, 0.1) is 5.41 Å². The van der Waals surface area contributed by atoms with Gasteiger partial charge < -0.3 is 20.1 Å². The van der Waals surface area contributed by atoms with Crippen molar-refractivity contribution in [2.75, 3.05) is 19.7 Å². The Morgan fingerprint density at radius 1 is 1.46 bits per heavy atom. The van der Waals surface area contributed by atoms with Gasteiger partial charge >= 0.3 is 0 Å². The van der Waals surface area contributed by atoms with Crippen LogP contribution in [0.5, 0.6) is 0 Å². The predicted molar refractivity (Wildman–Crippen MR) is 49.5 cm³/mol. The lowest BCUT2D eigenvalue weighted by atomic mass is 9.80. The van der Waals surface area contributed by atoms with Gasteiger partial charge in [0.15, 0.2) is 0 Å². The number of aliphatic hydroxyl groups is 3. The molecule has 0 rings (SSSR count). The van der Waals surface area contributed by atoms with E-state index in [2.05, 4.69) is 0 Å². The topological polar surface area (TPSA) is 69.9 Å². The molecule has 3 atom stereocenters. The molecule has 0 aromatic carbocycles. The molecule has 0 heterocycles. The molecule has 0 saturated heterocycles. The molecule has 4 nitrogen and oxygen atoms in total. The van der Waals surface area contributed by atoms with E-state index in [0.29, 0.717) is 0 Å². The van der Waals surface area contributed by atoms with Gasteiger partial charge in [0.05, 0.1) is 25.4 Å². The molecular weight excluding hydrogens is 171 g/mol. The standard InChI is InChI=1S/C8H17BO4/c1-6(12)8(2,4-11)7(3-10)13-5-9/h6-7,10-12H,3-5H2,1-2H3/t6-,7?,8+/m0/s1. The Morgan fingerprint density at radius 3 is 2.23 bits per heavy atom. The van der Waals surface area contributed by atoms with Crippen LogP contribution in [0.1, 0.15) is 13.8 Å². The highest BCUT2D eigenvalue weighted by molar-refractivity contribution is 6.08. The Hall–Kier alpha value is -0.0951. The molecule has 0 aromatic rings. The zero-order valence-electron chi connectivity index (χ0n) is 8.10. The van der Waals surface area contributed by atoms with Crippen molar-refractivity contribution in [3.8, 4) is 0 Å². The van der Waals surface area contributed by atoms with Gasteiger partial charge in [-0.15, -0.1) is 0 Å². The molecule has 0 bridgehead atoms. The second-order valence-corrected chi connectivity index (χ2v) is 3.34. The summed E-state index contributed by atoms with van der Waals surface area (Å²) in [6, 6.07) is 0. The van der Waals surface area contributed by atoms with Gasteiger partial charge in [-0.25, -0.2) is 0 Å². The average molecular weight is 188 g/mol. The number of rotatable bonds is 6. The lowest BCUT2D eigenvalue weighted by Crippen LogP contribution is -2.48. The maximum absolute atomic E-state index is 9.41. The molecule has 5 heteroatoms. The summed E-state index contributed by atoms with van der Waals surface area (Å²) >= 11 is 0. The molecular formula is C8H17BO4.